The predicted octanol–water partition coefficient (Wildman–Crippen LogP) is -0.178. The smallest absolute Gasteiger partial charge is 0.241 e. The van der Waals surface area contributed by atoms with Crippen molar-refractivity contribution in [3.8, 4) is 5.75 Å². The summed E-state index contributed by atoms with van der Waals surface area (Å²) in [6.07, 6.45) is 0. The van der Waals surface area contributed by atoms with Crippen LogP contribution < -0.4 is 10.0 Å². The van der Waals surface area contributed by atoms with E-state index in [2.05, 4.69) is 10.0 Å². The first-order valence-corrected chi connectivity index (χ1v) is 7.43. The van der Waals surface area contributed by atoms with Gasteiger partial charge in [-0.05, 0) is 25.1 Å². The van der Waals surface area contributed by atoms with Crippen LogP contribution in [0.25, 0.3) is 0 Å². The summed E-state index contributed by atoms with van der Waals surface area (Å²) in [5, 5.41) is 11.8. The maximum absolute atomic E-state index is 12.0. The molecule has 20 heavy (non-hydrogen) atoms. The van der Waals surface area contributed by atoms with Crippen molar-refractivity contribution >= 4 is 15.9 Å². The number of phenols is 1. The highest BCUT2D eigenvalue weighted by Gasteiger charge is 2.21. The third kappa shape index (κ3) is 4.80. The van der Waals surface area contributed by atoms with Crippen molar-refractivity contribution in [2.75, 3.05) is 20.3 Å². The van der Waals surface area contributed by atoms with Gasteiger partial charge in [-0.2, -0.15) is 4.72 Å². The Labute approximate surface area is 118 Å². The number of amides is 1. The van der Waals surface area contributed by atoms with Crippen molar-refractivity contribution in [3.63, 3.8) is 0 Å². The van der Waals surface area contributed by atoms with E-state index >= 15 is 0 Å². The summed E-state index contributed by atoms with van der Waals surface area (Å²) in [7, 11) is -2.36. The zero-order chi connectivity index (χ0) is 15.2. The Kier molecular flexibility index (Phi) is 5.93. The fraction of sp³-hybridized carbons (Fsp3) is 0.417. The van der Waals surface area contributed by atoms with Gasteiger partial charge in [-0.25, -0.2) is 8.42 Å². The molecule has 0 spiro atoms. The third-order valence-corrected chi connectivity index (χ3v) is 4.00. The molecule has 1 unspecified atom stereocenters. The van der Waals surface area contributed by atoms with E-state index in [0.717, 1.165) is 6.07 Å². The fourth-order valence-electron chi connectivity index (χ4n) is 1.43. The molecule has 3 N–H and O–H groups in total. The van der Waals surface area contributed by atoms with Gasteiger partial charge < -0.3 is 15.2 Å². The lowest BCUT2D eigenvalue weighted by Crippen LogP contribution is -2.45. The number of benzene rings is 1. The monoisotopic (exact) mass is 302 g/mol. The van der Waals surface area contributed by atoms with E-state index in [-0.39, 0.29) is 10.6 Å². The Morgan fingerprint density at radius 2 is 2.15 bits per heavy atom. The summed E-state index contributed by atoms with van der Waals surface area (Å²) in [4.78, 5) is 11.5. The van der Waals surface area contributed by atoms with Crippen LogP contribution in [0, 0.1) is 0 Å². The minimum atomic E-state index is -3.86. The molecule has 0 bridgehead atoms. The molecule has 0 aliphatic carbocycles. The molecular formula is C12H18N2O5S. The van der Waals surface area contributed by atoms with Gasteiger partial charge in [0.15, 0.2) is 0 Å². The molecule has 0 aliphatic rings. The van der Waals surface area contributed by atoms with Crippen LogP contribution in [-0.2, 0) is 19.6 Å². The lowest BCUT2D eigenvalue weighted by Gasteiger charge is -2.14. The number of rotatable bonds is 7. The van der Waals surface area contributed by atoms with Gasteiger partial charge in [-0.15, -0.1) is 0 Å². The second-order valence-corrected chi connectivity index (χ2v) is 5.84. The molecule has 1 atom stereocenters. The van der Waals surface area contributed by atoms with Crippen LogP contribution in [0.4, 0.5) is 0 Å². The Bertz CT molecular complexity index is 559. The molecule has 0 aliphatic heterocycles. The third-order valence-electron chi connectivity index (χ3n) is 2.46. The van der Waals surface area contributed by atoms with Crippen molar-refractivity contribution in [2.45, 2.75) is 17.9 Å². The Morgan fingerprint density at radius 1 is 1.45 bits per heavy atom. The molecule has 112 valence electrons. The van der Waals surface area contributed by atoms with Crippen LogP contribution in [0.3, 0.4) is 0 Å². The van der Waals surface area contributed by atoms with E-state index in [0.29, 0.717) is 13.2 Å². The summed E-state index contributed by atoms with van der Waals surface area (Å²) in [5.74, 6) is -0.615. The highest BCUT2D eigenvalue weighted by atomic mass is 32.2. The molecule has 1 aromatic carbocycles. The second kappa shape index (κ2) is 7.22. The number of methoxy groups -OCH3 is 1. The summed E-state index contributed by atoms with van der Waals surface area (Å²) in [5.41, 5.74) is 0. The molecule has 0 heterocycles. The van der Waals surface area contributed by atoms with E-state index in [1.807, 2.05) is 0 Å². The second-order valence-electron chi connectivity index (χ2n) is 4.12. The zero-order valence-electron chi connectivity index (χ0n) is 11.3. The largest absolute Gasteiger partial charge is 0.508 e. The fourth-order valence-corrected chi connectivity index (χ4v) is 2.68. The van der Waals surface area contributed by atoms with Gasteiger partial charge in [0.05, 0.1) is 17.5 Å². The highest BCUT2D eigenvalue weighted by molar-refractivity contribution is 7.89. The van der Waals surface area contributed by atoms with Crippen LogP contribution in [0.15, 0.2) is 29.2 Å². The van der Waals surface area contributed by atoms with E-state index < -0.39 is 22.0 Å². The molecule has 1 rings (SSSR count). The molecule has 0 fully saturated rings. The van der Waals surface area contributed by atoms with E-state index in [1.54, 1.807) is 0 Å². The first-order valence-electron chi connectivity index (χ1n) is 5.95. The van der Waals surface area contributed by atoms with Crippen molar-refractivity contribution < 1.29 is 23.1 Å². The highest BCUT2D eigenvalue weighted by Crippen LogP contribution is 2.15. The summed E-state index contributed by atoms with van der Waals surface area (Å²) in [6.45, 7) is 2.08. The summed E-state index contributed by atoms with van der Waals surface area (Å²) < 4.78 is 31.0. The minimum Gasteiger partial charge on any atom is -0.508 e. The van der Waals surface area contributed by atoms with Gasteiger partial charge in [-0.1, -0.05) is 6.07 Å². The zero-order valence-corrected chi connectivity index (χ0v) is 12.1. The first kappa shape index (κ1) is 16.4. The molecule has 7 nitrogen and oxygen atoms in total. The number of hydrogen-bond acceptors (Lipinski definition) is 5. The molecule has 0 radical (unpaired) electrons. The van der Waals surface area contributed by atoms with Crippen LogP contribution in [0.1, 0.15) is 6.92 Å². The van der Waals surface area contributed by atoms with E-state index in [9.17, 15) is 18.3 Å². The number of sulfonamides is 1. The van der Waals surface area contributed by atoms with Gasteiger partial charge >= 0.3 is 0 Å². The molecule has 0 aromatic heterocycles. The van der Waals surface area contributed by atoms with Gasteiger partial charge in [0.25, 0.3) is 0 Å². The average Bonchev–Trinajstić information content (AvgIpc) is 2.38. The molecule has 8 heteroatoms. The van der Waals surface area contributed by atoms with Crippen LogP contribution >= 0.6 is 0 Å². The number of nitrogens with one attached hydrogen (secondary N) is 2. The lowest BCUT2D eigenvalue weighted by atomic mass is 10.3. The van der Waals surface area contributed by atoms with Gasteiger partial charge in [0, 0.05) is 13.7 Å². The molecule has 0 saturated heterocycles. The first-order chi connectivity index (χ1) is 9.36. The van der Waals surface area contributed by atoms with Crippen molar-refractivity contribution in [2.24, 2.45) is 0 Å². The summed E-state index contributed by atoms with van der Waals surface area (Å²) in [6, 6.07) is 4.28. The van der Waals surface area contributed by atoms with Crippen molar-refractivity contribution in [1.82, 2.24) is 10.0 Å². The minimum absolute atomic E-state index is 0.103. The number of ether oxygens (including phenoxy) is 1. The topological polar surface area (TPSA) is 105 Å². The van der Waals surface area contributed by atoms with E-state index in [4.69, 9.17) is 4.74 Å². The van der Waals surface area contributed by atoms with Crippen molar-refractivity contribution in [3.05, 3.63) is 24.3 Å². The van der Waals surface area contributed by atoms with Crippen molar-refractivity contribution in [1.29, 1.82) is 0 Å². The Hall–Kier alpha value is -1.64. The number of carbonyl (C=O) groups excluding carboxylic acids is 1. The quantitative estimate of drug-likeness (QED) is 0.606. The maximum atomic E-state index is 12.0. The lowest BCUT2D eigenvalue weighted by molar-refractivity contribution is -0.122. The molecule has 1 aromatic rings. The SMILES string of the molecule is COCCNC(=O)C(C)NS(=O)(=O)c1cccc(O)c1. The number of hydrogen-bond donors (Lipinski definition) is 3. The number of carbonyl (C=O) groups is 1. The molecular weight excluding hydrogens is 284 g/mol. The van der Waals surface area contributed by atoms with E-state index in [1.165, 1.54) is 32.2 Å². The maximum Gasteiger partial charge on any atom is 0.241 e. The number of aromatic hydroxyl groups is 1. The van der Waals surface area contributed by atoms with Crippen LogP contribution in [0.5, 0.6) is 5.75 Å². The van der Waals surface area contributed by atoms with Crippen LogP contribution in [-0.4, -0.2) is 45.7 Å². The number of phenolic OH excluding ortho intramolecular Hbond substituents is 1. The average molecular weight is 302 g/mol. The van der Waals surface area contributed by atoms with Crippen LogP contribution in [0.2, 0.25) is 0 Å². The standard InChI is InChI=1S/C12H18N2O5S/c1-9(12(16)13-6-7-19-2)14-20(17,18)11-5-3-4-10(15)8-11/h3-5,8-9,14-15H,6-7H2,1-2H3,(H,13,16). The molecule has 1 amide bonds. The predicted molar refractivity (Wildman–Crippen MR) is 72.8 cm³/mol. The van der Waals surface area contributed by atoms with Gasteiger partial charge in [0.2, 0.25) is 15.9 Å². The van der Waals surface area contributed by atoms with Gasteiger partial charge in [-0.3, -0.25) is 4.79 Å². The van der Waals surface area contributed by atoms with Gasteiger partial charge in [0.1, 0.15) is 5.75 Å². The Balaban J connectivity index is 2.68. The molecule has 0 saturated carbocycles. The Morgan fingerprint density at radius 3 is 2.75 bits per heavy atom. The normalized spacial score (nSPS) is 12.9. The summed E-state index contributed by atoms with van der Waals surface area (Å²) >= 11 is 0.